The van der Waals surface area contributed by atoms with E-state index in [9.17, 15) is 14.9 Å². The number of nitriles is 1. The number of nitrogens with one attached hydrogen (secondary N) is 1. The van der Waals surface area contributed by atoms with Gasteiger partial charge in [0.15, 0.2) is 10.1 Å². The molecule has 39 heavy (non-hydrogen) atoms. The maximum absolute atomic E-state index is 13.3. The van der Waals surface area contributed by atoms with Crippen molar-refractivity contribution in [2.45, 2.75) is 42.9 Å². The number of thioether (sulfide) groups is 1. The molecule has 0 saturated heterocycles. The fourth-order valence-electron chi connectivity index (χ4n) is 4.82. The van der Waals surface area contributed by atoms with E-state index in [0.717, 1.165) is 27.8 Å². The van der Waals surface area contributed by atoms with Crippen LogP contribution in [0.1, 0.15) is 43.2 Å². The summed E-state index contributed by atoms with van der Waals surface area (Å²) in [7, 11) is 0. The first-order valence-electron chi connectivity index (χ1n) is 12.5. The summed E-state index contributed by atoms with van der Waals surface area (Å²) < 4.78 is 1.45. The van der Waals surface area contributed by atoms with Gasteiger partial charge in [-0.3, -0.25) is 14.5 Å². The van der Waals surface area contributed by atoms with Gasteiger partial charge in [-0.1, -0.05) is 70.2 Å². The molecule has 0 bridgehead atoms. The molecule has 2 heterocycles. The van der Waals surface area contributed by atoms with Gasteiger partial charge in [-0.25, -0.2) is 0 Å². The SMILES string of the molecule is CCc1ccc(NC(=O)CSc2nnc(N3C(N)=C(C#N)C(c4cccc(Br)c4)C4=C3CCCC4=O)s2)cc1. The Hall–Kier alpha value is -3.46. The number of aryl methyl sites for hydroxylation is 1. The average molecular weight is 622 g/mol. The fourth-order valence-corrected chi connectivity index (χ4v) is 6.92. The number of benzene rings is 2. The molecule has 0 saturated carbocycles. The highest BCUT2D eigenvalue weighted by Crippen LogP contribution is 2.47. The zero-order chi connectivity index (χ0) is 27.5. The number of hydrogen-bond donors (Lipinski definition) is 2. The van der Waals surface area contributed by atoms with E-state index in [0.29, 0.717) is 39.9 Å². The van der Waals surface area contributed by atoms with Crippen molar-refractivity contribution in [2.24, 2.45) is 5.73 Å². The number of halogens is 1. The minimum atomic E-state index is -0.539. The van der Waals surface area contributed by atoms with E-state index in [2.05, 4.69) is 44.4 Å². The fraction of sp³-hybridized carbons (Fsp3) is 0.250. The third-order valence-electron chi connectivity index (χ3n) is 6.66. The highest BCUT2D eigenvalue weighted by Gasteiger charge is 2.41. The van der Waals surface area contributed by atoms with Crippen LogP contribution in [-0.4, -0.2) is 27.6 Å². The van der Waals surface area contributed by atoms with Crippen LogP contribution in [0.4, 0.5) is 10.8 Å². The number of nitrogens with two attached hydrogens (primary N) is 1. The molecule has 2 aromatic carbocycles. The van der Waals surface area contributed by atoms with E-state index in [4.69, 9.17) is 5.73 Å². The molecule has 1 unspecified atom stereocenters. The third kappa shape index (κ3) is 5.64. The summed E-state index contributed by atoms with van der Waals surface area (Å²) in [5, 5.41) is 22.1. The topological polar surface area (TPSA) is 125 Å². The van der Waals surface area contributed by atoms with Crippen LogP contribution in [-0.2, 0) is 16.0 Å². The first-order chi connectivity index (χ1) is 18.9. The molecule has 0 spiro atoms. The highest BCUT2D eigenvalue weighted by molar-refractivity contribution is 9.10. The lowest BCUT2D eigenvalue weighted by Gasteiger charge is -2.38. The van der Waals surface area contributed by atoms with E-state index >= 15 is 0 Å². The van der Waals surface area contributed by atoms with Crippen molar-refractivity contribution in [3.05, 3.63) is 86.8 Å². The summed E-state index contributed by atoms with van der Waals surface area (Å²) in [6, 6.07) is 17.6. The largest absolute Gasteiger partial charge is 0.384 e. The minimum absolute atomic E-state index is 0.00855. The van der Waals surface area contributed by atoms with Crippen LogP contribution in [0.25, 0.3) is 0 Å². The second-order valence-corrected chi connectivity index (χ2v) is 12.2. The molecule has 3 N–H and O–H groups in total. The van der Waals surface area contributed by atoms with Gasteiger partial charge < -0.3 is 11.1 Å². The predicted molar refractivity (Wildman–Crippen MR) is 157 cm³/mol. The molecule has 11 heteroatoms. The van der Waals surface area contributed by atoms with E-state index in [-0.39, 0.29) is 23.3 Å². The first-order valence-corrected chi connectivity index (χ1v) is 15.1. The lowest BCUT2D eigenvalue weighted by Crippen LogP contribution is -2.38. The molecule has 2 aliphatic rings. The quantitative estimate of drug-likeness (QED) is 0.313. The van der Waals surface area contributed by atoms with Crippen molar-refractivity contribution >= 4 is 61.5 Å². The van der Waals surface area contributed by atoms with Crippen LogP contribution >= 0.6 is 39.0 Å². The van der Waals surface area contributed by atoms with Crippen molar-refractivity contribution in [3.8, 4) is 6.07 Å². The minimum Gasteiger partial charge on any atom is -0.384 e. The Morgan fingerprint density at radius 3 is 2.77 bits per heavy atom. The van der Waals surface area contributed by atoms with Crippen molar-refractivity contribution in [1.82, 2.24) is 10.2 Å². The second-order valence-electron chi connectivity index (χ2n) is 9.11. The van der Waals surface area contributed by atoms with Gasteiger partial charge in [0.1, 0.15) is 5.82 Å². The Morgan fingerprint density at radius 1 is 1.26 bits per heavy atom. The number of ketones is 1. The van der Waals surface area contributed by atoms with Crippen LogP contribution in [0.15, 0.2) is 80.0 Å². The van der Waals surface area contributed by atoms with Crippen LogP contribution < -0.4 is 16.0 Å². The standard InChI is InChI=1S/C28H25BrN6O2S2/c1-2-16-9-11-19(12-10-16)32-23(37)15-38-28-34-33-27(39-28)35-21-7-4-8-22(36)25(21)24(20(14-30)26(35)31)17-5-3-6-18(29)13-17/h3,5-6,9-13,24H,2,4,7-8,15,31H2,1H3,(H,32,37). The summed E-state index contributed by atoms with van der Waals surface area (Å²) >= 11 is 6.05. The van der Waals surface area contributed by atoms with E-state index in [1.807, 2.05) is 48.5 Å². The van der Waals surface area contributed by atoms with Crippen LogP contribution in [0.2, 0.25) is 0 Å². The number of hydrogen-bond acceptors (Lipinski definition) is 9. The number of allylic oxidation sites excluding steroid dienone is 3. The van der Waals surface area contributed by atoms with E-state index < -0.39 is 5.92 Å². The summed E-state index contributed by atoms with van der Waals surface area (Å²) in [5.41, 5.74) is 11.0. The molecule has 0 radical (unpaired) electrons. The zero-order valence-electron chi connectivity index (χ0n) is 21.1. The van der Waals surface area contributed by atoms with Crippen LogP contribution in [0.5, 0.6) is 0 Å². The molecule has 1 amide bonds. The Kier molecular flexibility index (Phi) is 8.16. The number of anilines is 2. The van der Waals surface area contributed by atoms with Gasteiger partial charge in [-0.2, -0.15) is 5.26 Å². The van der Waals surface area contributed by atoms with Crippen LogP contribution in [0.3, 0.4) is 0 Å². The Morgan fingerprint density at radius 2 is 2.05 bits per heavy atom. The normalized spacial score (nSPS) is 17.2. The molecule has 198 valence electrons. The molecule has 1 atom stereocenters. The van der Waals surface area contributed by atoms with Gasteiger partial charge in [0.05, 0.1) is 23.3 Å². The number of carbonyl (C=O) groups excluding carboxylic acids is 2. The number of nitrogens with zero attached hydrogens (tertiary/aromatic N) is 4. The second kappa shape index (κ2) is 11.7. The first kappa shape index (κ1) is 27.1. The van der Waals surface area contributed by atoms with Crippen LogP contribution in [0, 0.1) is 11.3 Å². The zero-order valence-corrected chi connectivity index (χ0v) is 24.3. The molecule has 1 aliphatic heterocycles. The monoisotopic (exact) mass is 620 g/mol. The summed E-state index contributed by atoms with van der Waals surface area (Å²) in [6.07, 6.45) is 2.68. The Labute approximate surface area is 243 Å². The number of amides is 1. The van der Waals surface area contributed by atoms with Gasteiger partial charge in [0.2, 0.25) is 11.0 Å². The van der Waals surface area contributed by atoms with Crippen molar-refractivity contribution in [2.75, 3.05) is 16.0 Å². The van der Waals surface area contributed by atoms with Gasteiger partial charge in [-0.05, 0) is 54.7 Å². The lowest BCUT2D eigenvalue weighted by atomic mass is 9.76. The molecule has 0 fully saturated rings. The van der Waals surface area contributed by atoms with Crippen molar-refractivity contribution < 1.29 is 9.59 Å². The summed E-state index contributed by atoms with van der Waals surface area (Å²) in [6.45, 7) is 2.08. The molecule has 1 aliphatic carbocycles. The molecular weight excluding hydrogens is 596 g/mol. The van der Waals surface area contributed by atoms with Gasteiger partial charge in [0, 0.05) is 27.9 Å². The predicted octanol–water partition coefficient (Wildman–Crippen LogP) is 5.90. The average Bonchev–Trinajstić information content (AvgIpc) is 3.40. The number of Topliss-reactive ketones (excluding diaryl/α,β-unsaturated/α-hetero) is 1. The number of rotatable bonds is 7. The van der Waals surface area contributed by atoms with Gasteiger partial charge in [-0.15, -0.1) is 10.2 Å². The Bertz CT molecular complexity index is 1540. The highest BCUT2D eigenvalue weighted by atomic mass is 79.9. The molecular formula is C28H25BrN6O2S2. The summed E-state index contributed by atoms with van der Waals surface area (Å²) in [4.78, 5) is 27.5. The molecule has 8 nitrogen and oxygen atoms in total. The lowest BCUT2D eigenvalue weighted by molar-refractivity contribution is -0.116. The summed E-state index contributed by atoms with van der Waals surface area (Å²) in [5.74, 6) is -0.268. The maximum Gasteiger partial charge on any atom is 0.234 e. The molecule has 3 aromatic rings. The molecule has 5 rings (SSSR count). The smallest absolute Gasteiger partial charge is 0.234 e. The van der Waals surface area contributed by atoms with E-state index in [1.54, 1.807) is 4.90 Å². The number of carbonyl (C=O) groups is 2. The number of aromatic nitrogens is 2. The van der Waals surface area contributed by atoms with E-state index in [1.165, 1.54) is 28.7 Å². The Balaban J connectivity index is 1.39. The van der Waals surface area contributed by atoms with Gasteiger partial charge in [0.25, 0.3) is 0 Å². The van der Waals surface area contributed by atoms with Crippen molar-refractivity contribution in [1.29, 1.82) is 5.26 Å². The van der Waals surface area contributed by atoms with Gasteiger partial charge >= 0.3 is 0 Å². The molecule has 1 aromatic heterocycles. The third-order valence-corrected chi connectivity index (χ3v) is 9.19. The van der Waals surface area contributed by atoms with Crippen molar-refractivity contribution in [3.63, 3.8) is 0 Å². The maximum atomic E-state index is 13.3.